The third-order valence-corrected chi connectivity index (χ3v) is 2.18. The van der Waals surface area contributed by atoms with E-state index in [1.54, 1.807) is 31.3 Å². The maximum absolute atomic E-state index is 14.0. The van der Waals surface area contributed by atoms with E-state index in [4.69, 9.17) is 0 Å². The number of anilines is 1. The third kappa shape index (κ3) is 3.45. The fourth-order valence-corrected chi connectivity index (χ4v) is 1.28. The van der Waals surface area contributed by atoms with E-state index < -0.39 is 0 Å². The van der Waals surface area contributed by atoms with E-state index in [0.29, 0.717) is 17.9 Å². The van der Waals surface area contributed by atoms with E-state index in [1.807, 2.05) is 0 Å². The molecule has 1 aromatic heterocycles. The smallest absolute Gasteiger partial charge is 0.170 e. The molecule has 3 nitrogen and oxygen atoms in total. The standard InChI is InChI=1S/C12H20FN3/c1-12(2,3)15-8-9-6-7-14-11(10(9)13)16(4)5/h6-7,15H,8H2,1-5H3. The quantitative estimate of drug-likeness (QED) is 0.854. The van der Waals surface area contributed by atoms with Gasteiger partial charge in [0.15, 0.2) is 11.6 Å². The van der Waals surface area contributed by atoms with E-state index >= 15 is 0 Å². The molecule has 4 heteroatoms. The SMILES string of the molecule is CN(C)c1nccc(CNC(C)(C)C)c1F. The molecule has 0 fully saturated rings. The van der Waals surface area contributed by atoms with E-state index in [9.17, 15) is 4.39 Å². The predicted octanol–water partition coefficient (Wildman–Crippen LogP) is 2.17. The van der Waals surface area contributed by atoms with Crippen molar-refractivity contribution in [3.8, 4) is 0 Å². The number of hydrogen-bond acceptors (Lipinski definition) is 3. The molecule has 0 aliphatic carbocycles. The summed E-state index contributed by atoms with van der Waals surface area (Å²) in [6, 6.07) is 1.71. The van der Waals surface area contributed by atoms with Crippen LogP contribution in [0.3, 0.4) is 0 Å². The highest BCUT2D eigenvalue weighted by atomic mass is 19.1. The van der Waals surface area contributed by atoms with Gasteiger partial charge in [-0.2, -0.15) is 0 Å². The van der Waals surface area contributed by atoms with Crippen LogP contribution < -0.4 is 10.2 Å². The lowest BCUT2D eigenvalue weighted by Crippen LogP contribution is -2.35. The first-order valence-corrected chi connectivity index (χ1v) is 5.37. The van der Waals surface area contributed by atoms with Gasteiger partial charge in [0, 0.05) is 37.9 Å². The molecule has 0 saturated carbocycles. The average Bonchev–Trinajstić information content (AvgIpc) is 2.14. The minimum absolute atomic E-state index is 0.0199. The summed E-state index contributed by atoms with van der Waals surface area (Å²) in [4.78, 5) is 5.68. The molecule has 1 aromatic rings. The number of hydrogen-bond donors (Lipinski definition) is 1. The molecule has 90 valence electrons. The summed E-state index contributed by atoms with van der Waals surface area (Å²) in [6.07, 6.45) is 1.64. The van der Waals surface area contributed by atoms with Gasteiger partial charge in [-0.1, -0.05) is 0 Å². The van der Waals surface area contributed by atoms with E-state index in [-0.39, 0.29) is 11.4 Å². The van der Waals surface area contributed by atoms with Crippen molar-refractivity contribution in [1.82, 2.24) is 10.3 Å². The molecule has 1 heterocycles. The Morgan fingerprint density at radius 1 is 1.38 bits per heavy atom. The number of nitrogens with one attached hydrogen (secondary N) is 1. The fourth-order valence-electron chi connectivity index (χ4n) is 1.28. The highest BCUT2D eigenvalue weighted by Crippen LogP contribution is 2.17. The van der Waals surface area contributed by atoms with Crippen molar-refractivity contribution in [3.63, 3.8) is 0 Å². The van der Waals surface area contributed by atoms with Gasteiger partial charge in [-0.05, 0) is 26.8 Å². The molecule has 0 radical (unpaired) electrons. The van der Waals surface area contributed by atoms with Crippen LogP contribution in [0.4, 0.5) is 10.2 Å². The van der Waals surface area contributed by atoms with Gasteiger partial charge >= 0.3 is 0 Å². The van der Waals surface area contributed by atoms with Crippen LogP contribution in [-0.2, 0) is 6.54 Å². The summed E-state index contributed by atoms with van der Waals surface area (Å²) in [5, 5.41) is 3.26. The lowest BCUT2D eigenvalue weighted by molar-refractivity contribution is 0.418. The summed E-state index contributed by atoms with van der Waals surface area (Å²) >= 11 is 0. The van der Waals surface area contributed by atoms with Crippen molar-refractivity contribution in [1.29, 1.82) is 0 Å². The Balaban J connectivity index is 2.85. The monoisotopic (exact) mass is 225 g/mol. The van der Waals surface area contributed by atoms with Gasteiger partial charge < -0.3 is 10.2 Å². The Morgan fingerprint density at radius 3 is 2.50 bits per heavy atom. The van der Waals surface area contributed by atoms with Crippen LogP contribution in [0.1, 0.15) is 26.3 Å². The first kappa shape index (κ1) is 12.9. The molecule has 0 saturated heterocycles. The Hall–Kier alpha value is -1.16. The molecule has 0 aliphatic rings. The third-order valence-electron chi connectivity index (χ3n) is 2.18. The zero-order chi connectivity index (χ0) is 12.3. The summed E-state index contributed by atoms with van der Waals surface area (Å²) in [6.45, 7) is 6.68. The molecule has 0 amide bonds. The van der Waals surface area contributed by atoms with E-state index in [0.717, 1.165) is 0 Å². The summed E-state index contributed by atoms with van der Waals surface area (Å²) in [5.41, 5.74) is 0.627. The molecule has 1 rings (SSSR count). The minimum atomic E-state index is -0.246. The maximum atomic E-state index is 14.0. The highest BCUT2D eigenvalue weighted by molar-refractivity contribution is 5.41. The molecule has 1 N–H and O–H groups in total. The summed E-state index contributed by atoms with van der Waals surface area (Å²) in [7, 11) is 3.57. The zero-order valence-electron chi connectivity index (χ0n) is 10.6. The van der Waals surface area contributed by atoms with Crippen molar-refractivity contribution in [2.24, 2.45) is 0 Å². The predicted molar refractivity (Wildman–Crippen MR) is 65.1 cm³/mol. The number of rotatable bonds is 3. The van der Waals surface area contributed by atoms with Gasteiger partial charge in [-0.3, -0.25) is 0 Å². The molecule has 0 bridgehead atoms. The van der Waals surface area contributed by atoms with Crippen LogP contribution in [0.2, 0.25) is 0 Å². The van der Waals surface area contributed by atoms with Gasteiger partial charge in [0.2, 0.25) is 0 Å². The van der Waals surface area contributed by atoms with Crippen LogP contribution in [0.25, 0.3) is 0 Å². The van der Waals surface area contributed by atoms with Crippen LogP contribution in [0.15, 0.2) is 12.3 Å². The minimum Gasteiger partial charge on any atom is -0.360 e. The number of nitrogens with zero attached hydrogens (tertiary/aromatic N) is 2. The maximum Gasteiger partial charge on any atom is 0.170 e. The molecule has 16 heavy (non-hydrogen) atoms. The molecule has 0 aromatic carbocycles. The van der Waals surface area contributed by atoms with Crippen molar-refractivity contribution in [2.45, 2.75) is 32.9 Å². The van der Waals surface area contributed by atoms with Crippen LogP contribution >= 0.6 is 0 Å². The second kappa shape index (κ2) is 4.78. The van der Waals surface area contributed by atoms with E-state index in [1.165, 1.54) is 0 Å². The molecular formula is C12H20FN3. The van der Waals surface area contributed by atoms with Gasteiger partial charge in [0.1, 0.15) is 0 Å². The van der Waals surface area contributed by atoms with Crippen molar-refractivity contribution in [3.05, 3.63) is 23.6 Å². The number of aromatic nitrogens is 1. The van der Waals surface area contributed by atoms with Crippen molar-refractivity contribution in [2.75, 3.05) is 19.0 Å². The lowest BCUT2D eigenvalue weighted by Gasteiger charge is -2.21. The van der Waals surface area contributed by atoms with Crippen LogP contribution in [0, 0.1) is 5.82 Å². The Bertz CT molecular complexity index is 356. The molecule has 0 unspecified atom stereocenters. The largest absolute Gasteiger partial charge is 0.360 e. The first-order valence-electron chi connectivity index (χ1n) is 5.37. The Morgan fingerprint density at radius 2 is 2.00 bits per heavy atom. The van der Waals surface area contributed by atoms with Crippen molar-refractivity contribution < 1.29 is 4.39 Å². The van der Waals surface area contributed by atoms with Crippen molar-refractivity contribution >= 4 is 5.82 Å². The molecule has 0 aliphatic heterocycles. The van der Waals surface area contributed by atoms with Crippen LogP contribution in [0.5, 0.6) is 0 Å². The molecular weight excluding hydrogens is 205 g/mol. The van der Waals surface area contributed by atoms with E-state index in [2.05, 4.69) is 31.1 Å². The van der Waals surface area contributed by atoms with Gasteiger partial charge in [-0.25, -0.2) is 9.37 Å². The first-order chi connectivity index (χ1) is 7.31. The zero-order valence-corrected chi connectivity index (χ0v) is 10.6. The Kier molecular flexibility index (Phi) is 3.86. The second-order valence-electron chi connectivity index (χ2n) is 5.11. The molecule has 0 atom stereocenters. The number of halogens is 1. The number of pyridine rings is 1. The van der Waals surface area contributed by atoms with Gasteiger partial charge in [0.25, 0.3) is 0 Å². The second-order valence-corrected chi connectivity index (χ2v) is 5.11. The van der Waals surface area contributed by atoms with Gasteiger partial charge in [0.05, 0.1) is 0 Å². The fraction of sp³-hybridized carbons (Fsp3) is 0.583. The molecule has 0 spiro atoms. The lowest BCUT2D eigenvalue weighted by atomic mass is 10.1. The highest BCUT2D eigenvalue weighted by Gasteiger charge is 2.14. The normalized spacial score (nSPS) is 11.6. The summed E-state index contributed by atoms with van der Waals surface area (Å²) in [5.74, 6) is 0.137. The van der Waals surface area contributed by atoms with Gasteiger partial charge in [-0.15, -0.1) is 0 Å². The summed E-state index contributed by atoms with van der Waals surface area (Å²) < 4.78 is 14.0. The average molecular weight is 225 g/mol. The Labute approximate surface area is 96.7 Å². The van der Waals surface area contributed by atoms with Crippen LogP contribution in [-0.4, -0.2) is 24.6 Å². The topological polar surface area (TPSA) is 28.2 Å².